The molecule has 0 aliphatic heterocycles. The van der Waals surface area contributed by atoms with Gasteiger partial charge in [0.15, 0.2) is 0 Å². The molecule has 0 aromatic heterocycles. The summed E-state index contributed by atoms with van der Waals surface area (Å²) in [5, 5.41) is 0. The Bertz CT molecular complexity index is 648. The maximum Gasteiger partial charge on any atom is 0.140 e. The van der Waals surface area contributed by atoms with Gasteiger partial charge in [-0.3, -0.25) is 0 Å². The van der Waals surface area contributed by atoms with E-state index in [2.05, 4.69) is 107 Å². The van der Waals surface area contributed by atoms with Crippen molar-refractivity contribution in [1.82, 2.24) is 0 Å². The quantitative estimate of drug-likeness (QED) is 0.349. The molecule has 3 rings (SSSR count). The van der Waals surface area contributed by atoms with Gasteiger partial charge in [-0.25, -0.2) is 0 Å². The lowest BCUT2D eigenvalue weighted by molar-refractivity contribution is 0.659. The Morgan fingerprint density at radius 1 is 0.947 bits per heavy atom. The summed E-state index contributed by atoms with van der Waals surface area (Å²) >= 11 is 8.58. The van der Waals surface area contributed by atoms with Gasteiger partial charge in [0.25, 0.3) is 0 Å². The first-order chi connectivity index (χ1) is 8.82. The van der Waals surface area contributed by atoms with Crippen molar-refractivity contribution in [3.63, 3.8) is 0 Å². The fourth-order valence-corrected chi connectivity index (χ4v) is 5.52. The third kappa shape index (κ3) is 2.13. The van der Waals surface area contributed by atoms with Crippen molar-refractivity contribution in [1.29, 1.82) is 0 Å². The van der Waals surface area contributed by atoms with Crippen molar-refractivity contribution in [2.24, 2.45) is 0 Å². The Morgan fingerprint density at radius 2 is 1.47 bits per heavy atom. The summed E-state index contributed by atoms with van der Waals surface area (Å²) in [5.74, 6) is 0. The summed E-state index contributed by atoms with van der Waals surface area (Å²) in [5.41, 5.74) is 7.15. The van der Waals surface area contributed by atoms with E-state index in [4.69, 9.17) is 0 Å². The van der Waals surface area contributed by atoms with Gasteiger partial charge < -0.3 is 0 Å². The number of hydrogen-bond acceptors (Lipinski definition) is 0. The number of benzene rings is 2. The van der Waals surface area contributed by atoms with Crippen molar-refractivity contribution in [3.8, 4) is 11.1 Å². The molecule has 0 saturated heterocycles. The van der Waals surface area contributed by atoms with Crippen LogP contribution >= 0.6 is 61.1 Å². The van der Waals surface area contributed by atoms with E-state index in [0.29, 0.717) is 0 Å². The number of halogens is 3. The van der Waals surface area contributed by atoms with Gasteiger partial charge in [-0.2, -0.15) is 0 Å². The van der Waals surface area contributed by atoms with E-state index in [9.17, 15) is 0 Å². The predicted octanol–water partition coefficient (Wildman–Crippen LogP) is 4.22. The monoisotopic (exact) mass is 536 g/mol. The average molecular weight is 537 g/mol. The van der Waals surface area contributed by atoms with Crippen LogP contribution in [0.5, 0.6) is 0 Å². The van der Waals surface area contributed by atoms with Crippen molar-refractivity contribution >= 4 is 74.4 Å². The zero-order chi connectivity index (χ0) is 13.9. The lowest BCUT2D eigenvalue weighted by atomic mass is 9.80. The SMILES string of the molecule is Bc1cc(I)cc2c1-c1c(Br)cc(I)cc1C2(C)C. The Balaban J connectivity index is 2.48. The average Bonchev–Trinajstić information content (AvgIpc) is 2.49. The number of fused-ring (bicyclic) bond motifs is 3. The standard InChI is InChI=1S/C15H12BBrI2/c1-15(2)9-3-7(18)5-11(16)13(9)14-10(15)4-8(19)6-12(14)17/h3-6H,16H2,1-2H3. The highest BCUT2D eigenvalue weighted by Crippen LogP contribution is 2.51. The first kappa shape index (κ1) is 14.4. The minimum atomic E-state index is 0.0836. The van der Waals surface area contributed by atoms with Crippen LogP contribution in [0, 0.1) is 7.14 Å². The molecule has 2 aromatic rings. The third-order valence-electron chi connectivity index (χ3n) is 3.95. The maximum absolute atomic E-state index is 3.77. The first-order valence-electron chi connectivity index (χ1n) is 6.13. The first-order valence-corrected chi connectivity index (χ1v) is 9.08. The highest BCUT2D eigenvalue weighted by Gasteiger charge is 2.37. The zero-order valence-corrected chi connectivity index (χ0v) is 16.8. The molecule has 0 bridgehead atoms. The van der Waals surface area contributed by atoms with Crippen LogP contribution in [0.15, 0.2) is 28.7 Å². The number of hydrogen-bond donors (Lipinski definition) is 0. The molecule has 0 amide bonds. The van der Waals surface area contributed by atoms with Gasteiger partial charge in [-0.1, -0.05) is 41.3 Å². The molecule has 1 aliphatic carbocycles. The van der Waals surface area contributed by atoms with Crippen LogP contribution in [0.3, 0.4) is 0 Å². The van der Waals surface area contributed by atoms with E-state index in [1.807, 2.05) is 0 Å². The summed E-state index contributed by atoms with van der Waals surface area (Å²) in [7, 11) is 2.22. The minimum Gasteiger partial charge on any atom is -0.0799 e. The molecule has 0 radical (unpaired) electrons. The van der Waals surface area contributed by atoms with Crippen molar-refractivity contribution in [3.05, 3.63) is 47.0 Å². The van der Waals surface area contributed by atoms with Gasteiger partial charge >= 0.3 is 0 Å². The third-order valence-corrected chi connectivity index (χ3v) is 5.82. The zero-order valence-electron chi connectivity index (χ0n) is 10.9. The van der Waals surface area contributed by atoms with Crippen molar-refractivity contribution in [2.75, 3.05) is 0 Å². The molecule has 0 saturated carbocycles. The van der Waals surface area contributed by atoms with Crippen LogP contribution in [0.4, 0.5) is 0 Å². The van der Waals surface area contributed by atoms with Crippen molar-refractivity contribution in [2.45, 2.75) is 19.3 Å². The fraction of sp³-hybridized carbons (Fsp3) is 0.200. The van der Waals surface area contributed by atoms with Crippen LogP contribution in [-0.2, 0) is 5.41 Å². The van der Waals surface area contributed by atoms with Crippen LogP contribution in [0.1, 0.15) is 25.0 Å². The lowest BCUT2D eigenvalue weighted by Crippen LogP contribution is -2.17. The summed E-state index contributed by atoms with van der Waals surface area (Å²) in [6, 6.07) is 9.14. The molecule has 0 N–H and O–H groups in total. The molecule has 2 aromatic carbocycles. The largest absolute Gasteiger partial charge is 0.140 e. The Morgan fingerprint density at radius 3 is 2.11 bits per heavy atom. The Labute approximate surface area is 150 Å². The van der Waals surface area contributed by atoms with Gasteiger partial charge in [0.2, 0.25) is 0 Å². The molecule has 4 heteroatoms. The maximum atomic E-state index is 3.77. The fourth-order valence-electron chi connectivity index (χ4n) is 3.03. The van der Waals surface area contributed by atoms with Gasteiger partial charge in [-0.15, -0.1) is 0 Å². The molecule has 0 fully saturated rings. The minimum absolute atomic E-state index is 0.0836. The summed E-state index contributed by atoms with van der Waals surface area (Å²) in [6.45, 7) is 4.66. The summed E-state index contributed by atoms with van der Waals surface area (Å²) < 4.78 is 3.82. The Kier molecular flexibility index (Phi) is 3.58. The second-order valence-corrected chi connectivity index (χ2v) is 8.93. The van der Waals surface area contributed by atoms with Gasteiger partial charge in [0.1, 0.15) is 7.85 Å². The molecule has 0 heterocycles. The second kappa shape index (κ2) is 4.73. The van der Waals surface area contributed by atoms with E-state index in [1.54, 1.807) is 0 Å². The lowest BCUT2D eigenvalue weighted by Gasteiger charge is -2.22. The highest BCUT2D eigenvalue weighted by atomic mass is 127. The van der Waals surface area contributed by atoms with Crippen LogP contribution in [-0.4, -0.2) is 7.85 Å². The van der Waals surface area contributed by atoms with E-state index in [-0.39, 0.29) is 5.41 Å². The molecule has 19 heavy (non-hydrogen) atoms. The van der Waals surface area contributed by atoms with Crippen LogP contribution < -0.4 is 5.46 Å². The normalized spacial score (nSPS) is 15.2. The van der Waals surface area contributed by atoms with Gasteiger partial charge in [0, 0.05) is 17.0 Å². The van der Waals surface area contributed by atoms with Gasteiger partial charge in [0.05, 0.1) is 0 Å². The van der Waals surface area contributed by atoms with E-state index >= 15 is 0 Å². The topological polar surface area (TPSA) is 0 Å². The molecule has 0 spiro atoms. The molecule has 1 aliphatic rings. The van der Waals surface area contributed by atoms with Gasteiger partial charge in [-0.05, 0) is 85.6 Å². The number of rotatable bonds is 0. The van der Waals surface area contributed by atoms with E-state index in [1.165, 1.54) is 39.3 Å². The summed E-state index contributed by atoms with van der Waals surface area (Å²) in [6.07, 6.45) is 0. The molecule has 0 atom stereocenters. The molecule has 96 valence electrons. The molecular formula is C15H12BBrI2. The molecule has 0 nitrogen and oxygen atoms in total. The van der Waals surface area contributed by atoms with Crippen LogP contribution in [0.2, 0.25) is 0 Å². The second-order valence-electron chi connectivity index (χ2n) is 5.58. The Hall–Kier alpha value is 0.445. The highest BCUT2D eigenvalue weighted by molar-refractivity contribution is 14.1. The van der Waals surface area contributed by atoms with E-state index in [0.717, 1.165) is 0 Å². The molecular weight excluding hydrogens is 525 g/mol. The molecule has 0 unspecified atom stereocenters. The predicted molar refractivity (Wildman–Crippen MR) is 105 cm³/mol. The van der Waals surface area contributed by atoms with Crippen LogP contribution in [0.25, 0.3) is 11.1 Å². The van der Waals surface area contributed by atoms with Crippen molar-refractivity contribution < 1.29 is 0 Å². The summed E-state index contributed by atoms with van der Waals surface area (Å²) in [4.78, 5) is 0. The van der Waals surface area contributed by atoms with E-state index < -0.39 is 0 Å². The smallest absolute Gasteiger partial charge is 0.0799 e.